The van der Waals surface area contributed by atoms with E-state index in [1.165, 1.54) is 54.6 Å². The van der Waals surface area contributed by atoms with Crippen molar-refractivity contribution < 1.29 is 0 Å². The monoisotopic (exact) mass is 439 g/mol. The highest BCUT2D eigenvalue weighted by Gasteiger charge is 2.14. The summed E-state index contributed by atoms with van der Waals surface area (Å²) in [5.74, 6) is 0. The molecule has 0 radical (unpaired) electrons. The van der Waals surface area contributed by atoms with Gasteiger partial charge in [0.2, 0.25) is 0 Å². The topological polar surface area (TPSA) is 12.9 Å². The van der Waals surface area contributed by atoms with Crippen LogP contribution in [0.2, 0.25) is 0 Å². The van der Waals surface area contributed by atoms with E-state index >= 15 is 0 Å². The van der Waals surface area contributed by atoms with Crippen LogP contribution < -0.4 is 0 Å². The Bertz CT molecular complexity index is 1580. The van der Waals surface area contributed by atoms with Gasteiger partial charge in [0.15, 0.2) is 0 Å². The van der Waals surface area contributed by atoms with Crippen LogP contribution in [0, 0.1) is 0 Å². The Morgan fingerprint density at radius 2 is 1.29 bits per heavy atom. The van der Waals surface area contributed by atoms with Gasteiger partial charge in [0, 0.05) is 11.8 Å². The lowest BCUT2D eigenvalue weighted by Crippen LogP contribution is -2.10. The molecule has 0 fully saturated rings. The zero-order chi connectivity index (χ0) is 23.3. The van der Waals surface area contributed by atoms with Crippen molar-refractivity contribution in [2.75, 3.05) is 0 Å². The molecule has 166 valence electrons. The van der Waals surface area contributed by atoms with E-state index in [1.807, 2.05) is 6.20 Å². The van der Waals surface area contributed by atoms with Crippen molar-refractivity contribution in [3.05, 3.63) is 114 Å². The molecule has 1 nitrogen and oxygen atoms in total. The van der Waals surface area contributed by atoms with Crippen LogP contribution in [-0.4, -0.2) is 4.98 Å². The van der Waals surface area contributed by atoms with Crippen LogP contribution in [0.1, 0.15) is 37.5 Å². The fraction of sp³-hybridized carbons (Fsp3) is 0.182. The average Bonchev–Trinajstić information content (AvgIpc) is 2.86. The molecule has 6 aromatic rings. The first kappa shape index (κ1) is 20.9. The number of benzene rings is 5. The summed E-state index contributed by atoms with van der Waals surface area (Å²) in [6, 6.07) is 33.5. The highest BCUT2D eigenvalue weighted by molar-refractivity contribution is 6.23. The van der Waals surface area contributed by atoms with Crippen LogP contribution in [0.3, 0.4) is 0 Å². The quantitative estimate of drug-likeness (QED) is 0.250. The van der Waals surface area contributed by atoms with Gasteiger partial charge in [-0.05, 0) is 73.3 Å². The van der Waals surface area contributed by atoms with E-state index in [2.05, 4.69) is 112 Å². The minimum atomic E-state index is 0.168. The van der Waals surface area contributed by atoms with Gasteiger partial charge in [0.25, 0.3) is 0 Å². The molecule has 0 aliphatic heterocycles. The third-order valence-electron chi connectivity index (χ3n) is 7.17. The maximum atomic E-state index is 4.78. The molecule has 0 aliphatic carbocycles. The maximum absolute atomic E-state index is 4.78. The first-order chi connectivity index (χ1) is 16.5. The molecule has 1 aromatic heterocycles. The van der Waals surface area contributed by atoms with Crippen LogP contribution >= 0.6 is 0 Å². The molecule has 0 saturated heterocycles. The van der Waals surface area contributed by atoms with E-state index in [0.717, 1.165) is 18.5 Å². The summed E-state index contributed by atoms with van der Waals surface area (Å²) in [6.45, 7) is 6.74. The Hall–Kier alpha value is -3.71. The Morgan fingerprint density at radius 1 is 0.618 bits per heavy atom. The predicted octanol–water partition coefficient (Wildman–Crippen LogP) is 8.73. The summed E-state index contributed by atoms with van der Waals surface area (Å²) in [6.07, 6.45) is 4.04. The van der Waals surface area contributed by atoms with Gasteiger partial charge >= 0.3 is 0 Å². The van der Waals surface area contributed by atoms with E-state index in [0.29, 0.717) is 0 Å². The van der Waals surface area contributed by atoms with E-state index < -0.39 is 0 Å². The van der Waals surface area contributed by atoms with Crippen molar-refractivity contribution in [1.29, 1.82) is 0 Å². The SMILES string of the molecule is CC(C)(C)c1ccc(-c2ccc(CCc3ccc4ccc5cccc6ccc3c4c56)cn2)cc1. The summed E-state index contributed by atoms with van der Waals surface area (Å²) >= 11 is 0. The molecular formula is C33H29N. The number of hydrogen-bond donors (Lipinski definition) is 0. The van der Waals surface area contributed by atoms with E-state index in [4.69, 9.17) is 4.98 Å². The normalized spacial score (nSPS) is 12.2. The van der Waals surface area contributed by atoms with Crippen LogP contribution in [0.15, 0.2) is 97.2 Å². The largest absolute Gasteiger partial charge is 0.256 e. The zero-order valence-electron chi connectivity index (χ0n) is 20.1. The molecule has 5 aromatic carbocycles. The minimum absolute atomic E-state index is 0.168. The number of pyridine rings is 1. The molecule has 0 spiro atoms. The van der Waals surface area contributed by atoms with Crippen molar-refractivity contribution in [3.8, 4) is 11.3 Å². The van der Waals surface area contributed by atoms with Crippen molar-refractivity contribution in [2.24, 2.45) is 0 Å². The lowest BCUT2D eigenvalue weighted by Gasteiger charge is -2.19. The van der Waals surface area contributed by atoms with Crippen molar-refractivity contribution in [2.45, 2.75) is 39.0 Å². The highest BCUT2D eigenvalue weighted by Crippen LogP contribution is 2.36. The molecule has 0 unspecified atom stereocenters. The van der Waals surface area contributed by atoms with Gasteiger partial charge in [-0.25, -0.2) is 0 Å². The number of aryl methyl sites for hydroxylation is 2. The summed E-state index contributed by atoms with van der Waals surface area (Å²) in [5.41, 5.74) is 6.41. The van der Waals surface area contributed by atoms with Gasteiger partial charge in [-0.15, -0.1) is 0 Å². The Kier molecular flexibility index (Phi) is 4.88. The average molecular weight is 440 g/mol. The summed E-state index contributed by atoms with van der Waals surface area (Å²) in [7, 11) is 0. The minimum Gasteiger partial charge on any atom is -0.256 e. The molecular weight excluding hydrogens is 410 g/mol. The third kappa shape index (κ3) is 3.62. The highest BCUT2D eigenvalue weighted by atomic mass is 14.7. The van der Waals surface area contributed by atoms with Crippen molar-refractivity contribution >= 4 is 32.3 Å². The van der Waals surface area contributed by atoms with Crippen LogP contribution in [-0.2, 0) is 18.3 Å². The predicted molar refractivity (Wildman–Crippen MR) is 146 cm³/mol. The molecule has 0 saturated carbocycles. The van der Waals surface area contributed by atoms with E-state index in [1.54, 1.807) is 0 Å². The fourth-order valence-electron chi connectivity index (χ4n) is 5.18. The third-order valence-corrected chi connectivity index (χ3v) is 7.17. The maximum Gasteiger partial charge on any atom is 0.0702 e. The summed E-state index contributed by atoms with van der Waals surface area (Å²) in [5, 5.41) is 8.14. The lowest BCUT2D eigenvalue weighted by atomic mass is 9.86. The molecule has 0 aliphatic rings. The van der Waals surface area contributed by atoms with Crippen LogP contribution in [0.25, 0.3) is 43.6 Å². The van der Waals surface area contributed by atoms with Crippen LogP contribution in [0.5, 0.6) is 0 Å². The first-order valence-corrected chi connectivity index (χ1v) is 12.2. The molecule has 0 amide bonds. The second-order valence-electron chi connectivity index (χ2n) is 10.5. The summed E-state index contributed by atoms with van der Waals surface area (Å²) < 4.78 is 0. The molecule has 6 rings (SSSR count). The second kappa shape index (κ2) is 7.95. The molecule has 0 atom stereocenters. The smallest absolute Gasteiger partial charge is 0.0702 e. The van der Waals surface area contributed by atoms with Crippen LogP contribution in [0.4, 0.5) is 0 Å². The lowest BCUT2D eigenvalue weighted by molar-refractivity contribution is 0.590. The first-order valence-electron chi connectivity index (χ1n) is 12.2. The van der Waals surface area contributed by atoms with Gasteiger partial charge < -0.3 is 0 Å². The van der Waals surface area contributed by atoms with Gasteiger partial charge in [0.1, 0.15) is 0 Å². The number of aromatic nitrogens is 1. The van der Waals surface area contributed by atoms with Crippen molar-refractivity contribution in [1.82, 2.24) is 4.98 Å². The standard InChI is InChI=1S/C33H29N/c1-33(2,3)28-17-14-24(15-18-28)30-20-8-22(21-34-30)7-9-23-10-11-27-13-12-25-5-4-6-26-16-19-29(23)32(27)31(25)26/h4-6,8,10-21H,7,9H2,1-3H3. The van der Waals surface area contributed by atoms with Gasteiger partial charge in [0.05, 0.1) is 5.69 Å². The molecule has 34 heavy (non-hydrogen) atoms. The molecule has 0 bridgehead atoms. The summed E-state index contributed by atoms with van der Waals surface area (Å²) in [4.78, 5) is 4.78. The van der Waals surface area contributed by atoms with Gasteiger partial charge in [-0.1, -0.05) is 106 Å². The molecule has 1 heterocycles. The zero-order valence-corrected chi connectivity index (χ0v) is 20.1. The number of nitrogens with zero attached hydrogens (tertiary/aromatic N) is 1. The second-order valence-corrected chi connectivity index (χ2v) is 10.5. The van der Waals surface area contributed by atoms with E-state index in [-0.39, 0.29) is 5.41 Å². The van der Waals surface area contributed by atoms with Gasteiger partial charge in [-0.3, -0.25) is 4.98 Å². The molecule has 1 heteroatoms. The van der Waals surface area contributed by atoms with Gasteiger partial charge in [-0.2, -0.15) is 0 Å². The molecule has 0 N–H and O–H groups in total. The fourth-order valence-corrected chi connectivity index (χ4v) is 5.18. The Morgan fingerprint density at radius 3 is 1.97 bits per heavy atom. The number of rotatable bonds is 4. The number of hydrogen-bond acceptors (Lipinski definition) is 1. The van der Waals surface area contributed by atoms with E-state index in [9.17, 15) is 0 Å². The Balaban J connectivity index is 1.26. The Labute approximate surface area is 201 Å². The van der Waals surface area contributed by atoms with Crippen molar-refractivity contribution in [3.63, 3.8) is 0 Å².